The first-order valence-corrected chi connectivity index (χ1v) is 11.5. The van der Waals surface area contributed by atoms with E-state index in [-0.39, 0.29) is 6.03 Å². The lowest BCUT2D eigenvalue weighted by Gasteiger charge is -2.25. The maximum absolute atomic E-state index is 13.0. The van der Waals surface area contributed by atoms with Gasteiger partial charge in [-0.1, -0.05) is 24.3 Å². The summed E-state index contributed by atoms with van der Waals surface area (Å²) in [7, 11) is 1.61. The Bertz CT molecular complexity index is 1240. The first kappa shape index (κ1) is 21.8. The van der Waals surface area contributed by atoms with Crippen LogP contribution in [-0.4, -0.2) is 55.0 Å². The summed E-state index contributed by atoms with van der Waals surface area (Å²) in [6, 6.07) is 21.4. The number of ether oxygens (including phenoxy) is 2. The van der Waals surface area contributed by atoms with Crippen LogP contribution in [0.1, 0.15) is 17.5 Å². The van der Waals surface area contributed by atoms with Crippen LogP contribution in [0.3, 0.4) is 0 Å². The number of carbonyl (C=O) groups excluding carboxylic acids is 1. The SMILES string of the molecule is COc1cccc(NC(=O)N2CCCN(C3=Nc4ccc(C)cc4Oc4ccccc43)CC2)c1. The number of methoxy groups -OCH3 is 1. The largest absolute Gasteiger partial charge is 0.497 e. The summed E-state index contributed by atoms with van der Waals surface area (Å²) in [5.41, 5.74) is 3.62. The molecule has 0 radical (unpaired) electrons. The maximum atomic E-state index is 13.0. The number of benzene rings is 3. The number of aliphatic imine (C=N–C) groups is 1. The van der Waals surface area contributed by atoms with Gasteiger partial charge in [0.25, 0.3) is 0 Å². The van der Waals surface area contributed by atoms with E-state index in [0.29, 0.717) is 25.4 Å². The molecule has 0 atom stereocenters. The van der Waals surface area contributed by atoms with Crippen molar-refractivity contribution in [3.63, 3.8) is 0 Å². The molecule has 5 rings (SSSR count). The number of nitrogens with zero attached hydrogens (tertiary/aromatic N) is 3. The molecule has 0 aromatic heterocycles. The van der Waals surface area contributed by atoms with Gasteiger partial charge in [0.1, 0.15) is 23.0 Å². The Hall–Kier alpha value is -4.00. The summed E-state index contributed by atoms with van der Waals surface area (Å²) in [6.45, 7) is 4.80. The number of fused-ring (bicyclic) bond motifs is 2. The molecule has 34 heavy (non-hydrogen) atoms. The number of amidine groups is 1. The molecular weight excluding hydrogens is 428 g/mol. The van der Waals surface area contributed by atoms with Crippen LogP contribution in [0.25, 0.3) is 0 Å². The van der Waals surface area contributed by atoms with Gasteiger partial charge in [0.15, 0.2) is 5.75 Å². The highest BCUT2D eigenvalue weighted by Crippen LogP contribution is 2.38. The van der Waals surface area contributed by atoms with Crippen molar-refractivity contribution in [2.45, 2.75) is 13.3 Å². The molecule has 1 N–H and O–H groups in total. The standard InChI is InChI=1S/C27H28N4O3/c1-19-11-12-23-25(17-19)34-24-10-4-3-9-22(24)26(29-23)30-13-6-14-31(16-15-30)27(32)28-20-7-5-8-21(18-20)33-2/h3-5,7-12,17-18H,6,13-16H2,1-2H3,(H,28,32). The van der Waals surface area contributed by atoms with Gasteiger partial charge in [0.2, 0.25) is 0 Å². The Labute approximate surface area is 199 Å². The van der Waals surface area contributed by atoms with Crippen LogP contribution < -0.4 is 14.8 Å². The average molecular weight is 457 g/mol. The molecule has 0 unspecified atom stereocenters. The van der Waals surface area contributed by atoms with E-state index in [9.17, 15) is 4.79 Å². The number of anilines is 1. The van der Waals surface area contributed by atoms with Gasteiger partial charge in [-0.25, -0.2) is 9.79 Å². The fraction of sp³-hybridized carbons (Fsp3) is 0.259. The molecule has 174 valence electrons. The summed E-state index contributed by atoms with van der Waals surface area (Å²) in [4.78, 5) is 22.1. The van der Waals surface area contributed by atoms with Crippen molar-refractivity contribution in [1.29, 1.82) is 0 Å². The molecule has 3 aromatic carbocycles. The quantitative estimate of drug-likeness (QED) is 0.559. The number of hydrogen-bond acceptors (Lipinski definition) is 5. The fourth-order valence-electron chi connectivity index (χ4n) is 4.31. The summed E-state index contributed by atoms with van der Waals surface area (Å²) in [5.74, 6) is 3.15. The molecule has 3 aromatic rings. The second-order valence-corrected chi connectivity index (χ2v) is 8.49. The van der Waals surface area contributed by atoms with E-state index in [1.165, 1.54) is 0 Å². The van der Waals surface area contributed by atoms with Gasteiger partial charge in [-0.05, 0) is 55.3 Å². The van der Waals surface area contributed by atoms with Gasteiger partial charge in [-0.15, -0.1) is 0 Å². The van der Waals surface area contributed by atoms with Crippen molar-refractivity contribution in [2.75, 3.05) is 38.6 Å². The number of aryl methyl sites for hydroxylation is 1. The van der Waals surface area contributed by atoms with Gasteiger partial charge in [-0.2, -0.15) is 0 Å². The molecule has 2 heterocycles. The van der Waals surface area contributed by atoms with E-state index in [4.69, 9.17) is 14.5 Å². The predicted octanol–water partition coefficient (Wildman–Crippen LogP) is 5.43. The highest BCUT2D eigenvalue weighted by Gasteiger charge is 2.26. The Balaban J connectivity index is 1.36. The normalized spacial score (nSPS) is 15.2. The van der Waals surface area contributed by atoms with Crippen molar-refractivity contribution < 1.29 is 14.3 Å². The van der Waals surface area contributed by atoms with E-state index in [2.05, 4.69) is 10.2 Å². The number of rotatable bonds is 2. The molecule has 2 amide bonds. The third kappa shape index (κ3) is 4.55. The number of carbonyl (C=O) groups is 1. The number of amides is 2. The van der Waals surface area contributed by atoms with E-state index in [0.717, 1.165) is 52.8 Å². The zero-order valence-corrected chi connectivity index (χ0v) is 19.5. The molecule has 0 bridgehead atoms. The zero-order chi connectivity index (χ0) is 23.5. The average Bonchev–Trinajstić information content (AvgIpc) is 3.19. The lowest BCUT2D eigenvalue weighted by atomic mass is 10.1. The van der Waals surface area contributed by atoms with Crippen molar-refractivity contribution in [2.24, 2.45) is 4.99 Å². The molecule has 2 aliphatic heterocycles. The number of para-hydroxylation sites is 1. The summed E-state index contributed by atoms with van der Waals surface area (Å²) in [6.07, 6.45) is 0.842. The number of nitrogens with one attached hydrogen (secondary N) is 1. The van der Waals surface area contributed by atoms with E-state index >= 15 is 0 Å². The summed E-state index contributed by atoms with van der Waals surface area (Å²) in [5, 5.41) is 2.99. The molecule has 1 fully saturated rings. The van der Waals surface area contributed by atoms with Crippen LogP contribution in [0.2, 0.25) is 0 Å². The highest BCUT2D eigenvalue weighted by molar-refractivity contribution is 6.03. The molecule has 0 saturated carbocycles. The summed E-state index contributed by atoms with van der Waals surface area (Å²) >= 11 is 0. The first-order valence-electron chi connectivity index (χ1n) is 11.5. The van der Waals surface area contributed by atoms with Gasteiger partial charge in [0, 0.05) is 37.9 Å². The minimum Gasteiger partial charge on any atom is -0.497 e. The highest BCUT2D eigenvalue weighted by atomic mass is 16.5. The second kappa shape index (κ2) is 9.47. The smallest absolute Gasteiger partial charge is 0.321 e. The lowest BCUT2D eigenvalue weighted by molar-refractivity contribution is 0.214. The van der Waals surface area contributed by atoms with Crippen LogP contribution >= 0.6 is 0 Å². The predicted molar refractivity (Wildman–Crippen MR) is 134 cm³/mol. The Morgan fingerprint density at radius 1 is 0.971 bits per heavy atom. The Kier molecular flexibility index (Phi) is 6.08. The Morgan fingerprint density at radius 2 is 1.85 bits per heavy atom. The van der Waals surface area contributed by atoms with Crippen molar-refractivity contribution in [3.8, 4) is 17.2 Å². The third-order valence-electron chi connectivity index (χ3n) is 6.09. The molecule has 7 heteroatoms. The van der Waals surface area contributed by atoms with Crippen molar-refractivity contribution in [1.82, 2.24) is 9.80 Å². The monoisotopic (exact) mass is 456 g/mol. The number of urea groups is 1. The molecule has 0 aliphatic carbocycles. The van der Waals surface area contributed by atoms with Gasteiger partial charge < -0.3 is 24.6 Å². The first-order chi connectivity index (χ1) is 16.6. The minimum atomic E-state index is -0.109. The van der Waals surface area contributed by atoms with Crippen LogP contribution in [0.4, 0.5) is 16.2 Å². The van der Waals surface area contributed by atoms with Gasteiger partial charge in [-0.3, -0.25) is 0 Å². The molecule has 2 aliphatic rings. The van der Waals surface area contributed by atoms with E-state index in [1.54, 1.807) is 7.11 Å². The van der Waals surface area contributed by atoms with Gasteiger partial charge >= 0.3 is 6.03 Å². The minimum absolute atomic E-state index is 0.109. The molecule has 7 nitrogen and oxygen atoms in total. The second-order valence-electron chi connectivity index (χ2n) is 8.49. The van der Waals surface area contributed by atoms with Crippen molar-refractivity contribution >= 4 is 23.2 Å². The van der Waals surface area contributed by atoms with E-state index < -0.39 is 0 Å². The van der Waals surface area contributed by atoms with E-state index in [1.807, 2.05) is 78.6 Å². The zero-order valence-electron chi connectivity index (χ0n) is 19.5. The fourth-order valence-corrected chi connectivity index (χ4v) is 4.31. The van der Waals surface area contributed by atoms with Crippen LogP contribution in [0.5, 0.6) is 17.2 Å². The third-order valence-corrected chi connectivity index (χ3v) is 6.09. The van der Waals surface area contributed by atoms with Crippen LogP contribution in [0, 0.1) is 6.92 Å². The van der Waals surface area contributed by atoms with Crippen LogP contribution in [-0.2, 0) is 0 Å². The number of hydrogen-bond donors (Lipinski definition) is 1. The van der Waals surface area contributed by atoms with Crippen LogP contribution in [0.15, 0.2) is 71.7 Å². The van der Waals surface area contributed by atoms with Crippen molar-refractivity contribution in [3.05, 3.63) is 77.9 Å². The molecule has 1 saturated heterocycles. The lowest BCUT2D eigenvalue weighted by Crippen LogP contribution is -2.39. The topological polar surface area (TPSA) is 66.4 Å². The maximum Gasteiger partial charge on any atom is 0.321 e. The van der Waals surface area contributed by atoms with Gasteiger partial charge in [0.05, 0.1) is 12.7 Å². The molecule has 0 spiro atoms. The molecular formula is C27H28N4O3. The summed E-state index contributed by atoms with van der Waals surface area (Å²) < 4.78 is 11.5. The Morgan fingerprint density at radius 3 is 2.74 bits per heavy atom.